The SMILES string of the molecule is CN1CC2CCC1C(CNC(=O)c1cn(-c3ccc4c(c3)C(=O)N(C3CCC(=O)NC3=O)C4)nn1)C2.O=C(O)C(F)(F)F. The van der Waals surface area contributed by atoms with E-state index in [0.29, 0.717) is 42.7 Å². The Bertz CT molecular complexity index is 1460. The van der Waals surface area contributed by atoms with Crippen LogP contribution in [-0.2, 0) is 20.9 Å². The third-order valence-corrected chi connectivity index (χ3v) is 8.43. The number of rotatable bonds is 5. The molecule has 13 nitrogen and oxygen atoms in total. The van der Waals surface area contributed by atoms with Gasteiger partial charge in [0.1, 0.15) is 6.04 Å². The lowest BCUT2D eigenvalue weighted by molar-refractivity contribution is -0.192. The molecule has 3 saturated heterocycles. The number of halogens is 3. The molecule has 5 aliphatic rings. The average molecular weight is 606 g/mol. The highest BCUT2D eigenvalue weighted by Gasteiger charge is 2.40. The van der Waals surface area contributed by atoms with Crippen molar-refractivity contribution < 1.29 is 42.3 Å². The van der Waals surface area contributed by atoms with Gasteiger partial charge in [0.15, 0.2) is 5.69 Å². The molecule has 3 N–H and O–H groups in total. The number of aliphatic carboxylic acids is 1. The summed E-state index contributed by atoms with van der Waals surface area (Å²) in [7, 11) is 2.17. The van der Waals surface area contributed by atoms with Crippen LogP contribution in [0.3, 0.4) is 0 Å². The van der Waals surface area contributed by atoms with E-state index < -0.39 is 24.1 Å². The molecule has 16 heteroatoms. The third-order valence-electron chi connectivity index (χ3n) is 8.43. The number of carboxylic acid groups (broad SMARTS) is 1. The Morgan fingerprint density at radius 2 is 1.91 bits per heavy atom. The minimum Gasteiger partial charge on any atom is -0.475 e. The maximum absolute atomic E-state index is 13.1. The van der Waals surface area contributed by atoms with Gasteiger partial charge in [-0.3, -0.25) is 24.5 Å². The van der Waals surface area contributed by atoms with Crippen molar-refractivity contribution in [3.63, 3.8) is 0 Å². The summed E-state index contributed by atoms with van der Waals surface area (Å²) in [5.41, 5.74) is 2.11. The van der Waals surface area contributed by atoms with E-state index in [0.717, 1.165) is 24.4 Å². The second-order valence-electron chi connectivity index (χ2n) is 11.2. The van der Waals surface area contributed by atoms with Crippen LogP contribution in [0.15, 0.2) is 24.4 Å². The van der Waals surface area contributed by atoms with Gasteiger partial charge in [-0.2, -0.15) is 13.2 Å². The molecule has 4 unspecified atom stereocenters. The molecule has 4 fully saturated rings. The lowest BCUT2D eigenvalue weighted by Crippen LogP contribution is -2.53. The Hall–Kier alpha value is -4.34. The smallest absolute Gasteiger partial charge is 0.475 e. The first-order valence-electron chi connectivity index (χ1n) is 13.8. The molecule has 7 rings (SSSR count). The Labute approximate surface area is 243 Å². The molecule has 1 aromatic carbocycles. The molecule has 2 bridgehead atoms. The summed E-state index contributed by atoms with van der Waals surface area (Å²) in [5, 5.41) is 20.6. The molecule has 43 heavy (non-hydrogen) atoms. The van der Waals surface area contributed by atoms with E-state index in [1.165, 1.54) is 22.4 Å². The molecule has 2 aromatic rings. The highest BCUT2D eigenvalue weighted by molar-refractivity contribution is 6.05. The van der Waals surface area contributed by atoms with Crippen LogP contribution in [0.5, 0.6) is 0 Å². The molecule has 0 radical (unpaired) electrons. The van der Waals surface area contributed by atoms with E-state index in [4.69, 9.17) is 9.90 Å². The zero-order chi connectivity index (χ0) is 31.1. The van der Waals surface area contributed by atoms with Gasteiger partial charge >= 0.3 is 12.1 Å². The topological polar surface area (TPSA) is 167 Å². The van der Waals surface area contributed by atoms with Crippen molar-refractivity contribution in [1.82, 2.24) is 35.4 Å². The summed E-state index contributed by atoms with van der Waals surface area (Å²) in [6.45, 7) is 2.09. The number of carboxylic acids is 1. The number of amides is 4. The van der Waals surface area contributed by atoms with Crippen molar-refractivity contribution >= 4 is 29.6 Å². The standard InChI is InChI=1S/C25H29N7O4.C2HF3O2/c1-30-11-14-2-5-20(30)16(8-14)10-26-23(34)19-13-32(29-28-19)17-4-3-15-12-31(25(36)18(15)9-17)21-6-7-22(33)27-24(21)35;3-2(4,5)1(6)7/h3-4,9,13-14,16,20-21H,2,5-8,10-12H2,1H3,(H,26,34)(H,27,33,35);(H,6,7). The molecule has 1 aromatic heterocycles. The van der Waals surface area contributed by atoms with Crippen LogP contribution < -0.4 is 10.6 Å². The summed E-state index contributed by atoms with van der Waals surface area (Å²) in [6.07, 6.45) is 0.633. The number of nitrogens with one attached hydrogen (secondary N) is 2. The lowest BCUT2D eigenvalue weighted by atomic mass is 9.73. The maximum atomic E-state index is 13.1. The Balaban J connectivity index is 0.000000472. The summed E-state index contributed by atoms with van der Waals surface area (Å²) in [6, 6.07) is 5.20. The number of alkyl halides is 3. The largest absolute Gasteiger partial charge is 0.490 e. The van der Waals surface area contributed by atoms with Crippen molar-refractivity contribution in [2.24, 2.45) is 11.8 Å². The van der Waals surface area contributed by atoms with Crippen LogP contribution in [0.1, 0.15) is 58.5 Å². The highest BCUT2D eigenvalue weighted by Crippen LogP contribution is 2.38. The number of aromatic nitrogens is 3. The average Bonchev–Trinajstić information content (AvgIpc) is 3.57. The Kier molecular flexibility index (Phi) is 8.23. The minimum absolute atomic E-state index is 0.213. The molecule has 1 saturated carbocycles. The van der Waals surface area contributed by atoms with E-state index in [2.05, 4.69) is 32.9 Å². The zero-order valence-corrected chi connectivity index (χ0v) is 23.1. The molecule has 4 aliphatic heterocycles. The summed E-state index contributed by atoms with van der Waals surface area (Å²) < 4.78 is 33.2. The zero-order valence-electron chi connectivity index (χ0n) is 23.1. The number of hydrogen-bond donors (Lipinski definition) is 3. The number of benzene rings is 1. The summed E-state index contributed by atoms with van der Waals surface area (Å²) in [4.78, 5) is 62.4. The molecular formula is C27H30F3N7O6. The molecule has 4 amide bonds. The fraction of sp³-hybridized carbons (Fsp3) is 0.519. The first-order valence-corrected chi connectivity index (χ1v) is 13.8. The number of carbonyl (C=O) groups excluding carboxylic acids is 4. The quantitative estimate of drug-likeness (QED) is 0.423. The number of nitrogens with zero attached hydrogens (tertiary/aromatic N) is 5. The van der Waals surface area contributed by atoms with Crippen LogP contribution >= 0.6 is 0 Å². The fourth-order valence-corrected chi connectivity index (χ4v) is 6.35. The van der Waals surface area contributed by atoms with Gasteiger partial charge in [0.25, 0.3) is 11.8 Å². The fourth-order valence-electron chi connectivity index (χ4n) is 6.35. The number of carbonyl (C=O) groups is 5. The van der Waals surface area contributed by atoms with Gasteiger partial charge in [0.2, 0.25) is 11.8 Å². The van der Waals surface area contributed by atoms with Crippen molar-refractivity contribution in [3.8, 4) is 5.69 Å². The Morgan fingerprint density at radius 1 is 1.16 bits per heavy atom. The van der Waals surface area contributed by atoms with E-state index in [1.807, 2.05) is 12.1 Å². The molecule has 1 aliphatic carbocycles. The molecule has 5 heterocycles. The molecule has 0 spiro atoms. The normalized spacial score (nSPS) is 25.1. The number of imide groups is 1. The van der Waals surface area contributed by atoms with Crippen LogP contribution in [0.4, 0.5) is 13.2 Å². The van der Waals surface area contributed by atoms with Crippen LogP contribution in [0, 0.1) is 11.8 Å². The predicted molar refractivity (Wildman–Crippen MR) is 141 cm³/mol. The van der Waals surface area contributed by atoms with Gasteiger partial charge in [0.05, 0.1) is 11.9 Å². The highest BCUT2D eigenvalue weighted by atomic mass is 19.4. The lowest BCUT2D eigenvalue weighted by Gasteiger charge is -2.48. The number of fused-ring (bicyclic) bond motifs is 4. The van der Waals surface area contributed by atoms with Crippen molar-refractivity contribution in [1.29, 1.82) is 0 Å². The first-order chi connectivity index (χ1) is 20.3. The monoisotopic (exact) mass is 605 g/mol. The van der Waals surface area contributed by atoms with Crippen molar-refractivity contribution in [2.75, 3.05) is 20.1 Å². The minimum atomic E-state index is -5.08. The Morgan fingerprint density at radius 3 is 2.56 bits per heavy atom. The van der Waals surface area contributed by atoms with E-state index in [9.17, 15) is 32.3 Å². The molecule has 230 valence electrons. The van der Waals surface area contributed by atoms with Gasteiger partial charge in [-0.25, -0.2) is 9.48 Å². The van der Waals surface area contributed by atoms with E-state index in [1.54, 1.807) is 12.3 Å². The second kappa shape index (κ2) is 11.7. The van der Waals surface area contributed by atoms with E-state index >= 15 is 0 Å². The summed E-state index contributed by atoms with van der Waals surface area (Å²) in [5.74, 6) is -2.85. The van der Waals surface area contributed by atoms with Gasteiger partial charge in [-0.15, -0.1) is 5.10 Å². The van der Waals surface area contributed by atoms with Gasteiger partial charge in [-0.1, -0.05) is 11.3 Å². The number of piperidine rings is 3. The van der Waals surface area contributed by atoms with Gasteiger partial charge in [0, 0.05) is 37.7 Å². The summed E-state index contributed by atoms with van der Waals surface area (Å²) >= 11 is 0. The third kappa shape index (κ3) is 6.38. The molecule has 4 atom stereocenters. The van der Waals surface area contributed by atoms with Crippen molar-refractivity contribution in [3.05, 3.63) is 41.2 Å². The van der Waals surface area contributed by atoms with Crippen molar-refractivity contribution in [2.45, 2.75) is 56.9 Å². The van der Waals surface area contributed by atoms with Gasteiger partial charge < -0.3 is 20.2 Å². The predicted octanol–water partition coefficient (Wildman–Crippen LogP) is 1.12. The van der Waals surface area contributed by atoms with E-state index in [-0.39, 0.29) is 29.8 Å². The molecular weight excluding hydrogens is 575 g/mol. The number of hydrogen-bond acceptors (Lipinski definition) is 8. The first kappa shape index (κ1) is 30.1. The van der Waals surface area contributed by atoms with Crippen LogP contribution in [-0.4, -0.2) is 97.9 Å². The second-order valence-corrected chi connectivity index (χ2v) is 11.2. The van der Waals surface area contributed by atoms with Crippen LogP contribution in [0.2, 0.25) is 0 Å². The van der Waals surface area contributed by atoms with Gasteiger partial charge in [-0.05, 0) is 62.3 Å². The maximum Gasteiger partial charge on any atom is 0.490 e. The van der Waals surface area contributed by atoms with Crippen LogP contribution in [0.25, 0.3) is 5.69 Å².